The number of phenolic OH excluding ortho intramolecular Hbond substituents is 1. The second-order valence-corrected chi connectivity index (χ2v) is 7.62. The molecule has 8 heteroatoms. The maximum Gasteiger partial charge on any atom is 0.275 e. The molecular weight excluding hydrogens is 484 g/mol. The first-order chi connectivity index (χ1) is 15.0. The molecule has 0 aliphatic rings. The van der Waals surface area contributed by atoms with E-state index in [-0.39, 0.29) is 17.9 Å². The van der Waals surface area contributed by atoms with Crippen LogP contribution in [0.4, 0.5) is 0 Å². The lowest BCUT2D eigenvalue weighted by atomic mass is 10.2. The van der Waals surface area contributed by atoms with E-state index < -0.39 is 5.91 Å². The number of aromatic hydroxyl groups is 1. The number of halogens is 2. The van der Waals surface area contributed by atoms with Crippen molar-refractivity contribution < 1.29 is 19.4 Å². The van der Waals surface area contributed by atoms with Crippen molar-refractivity contribution in [1.82, 2.24) is 5.43 Å². The van der Waals surface area contributed by atoms with Crippen molar-refractivity contribution in [3.8, 4) is 17.2 Å². The molecule has 0 heterocycles. The summed E-state index contributed by atoms with van der Waals surface area (Å²) in [5.74, 6) is 0.435. The van der Waals surface area contributed by atoms with Crippen molar-refractivity contribution in [3.05, 3.63) is 86.8 Å². The van der Waals surface area contributed by atoms with Gasteiger partial charge >= 0.3 is 0 Å². The van der Waals surface area contributed by atoms with Gasteiger partial charge in [0, 0.05) is 10.6 Å². The van der Waals surface area contributed by atoms with Gasteiger partial charge in [0.15, 0.2) is 11.5 Å². The Balaban J connectivity index is 1.74. The van der Waals surface area contributed by atoms with Crippen LogP contribution in [0.5, 0.6) is 17.2 Å². The van der Waals surface area contributed by atoms with E-state index in [1.165, 1.54) is 18.3 Å². The zero-order valence-electron chi connectivity index (χ0n) is 16.6. The van der Waals surface area contributed by atoms with Crippen molar-refractivity contribution in [2.45, 2.75) is 13.5 Å². The topological polar surface area (TPSA) is 80.2 Å². The van der Waals surface area contributed by atoms with Crippen LogP contribution in [0.2, 0.25) is 5.02 Å². The molecular formula is C23H20BrClN2O4. The number of carbonyl (C=O) groups is 1. The van der Waals surface area contributed by atoms with Crippen LogP contribution in [0, 0.1) is 0 Å². The molecule has 3 aromatic carbocycles. The van der Waals surface area contributed by atoms with E-state index >= 15 is 0 Å². The average molecular weight is 504 g/mol. The molecule has 0 saturated heterocycles. The minimum Gasteiger partial charge on any atom is -0.507 e. The van der Waals surface area contributed by atoms with Crippen LogP contribution < -0.4 is 14.9 Å². The Labute approximate surface area is 193 Å². The summed E-state index contributed by atoms with van der Waals surface area (Å²) < 4.78 is 12.3. The Morgan fingerprint density at radius 3 is 2.65 bits per heavy atom. The van der Waals surface area contributed by atoms with Gasteiger partial charge in [0.25, 0.3) is 5.91 Å². The van der Waals surface area contributed by atoms with Crippen LogP contribution in [0.1, 0.15) is 28.4 Å². The maximum absolute atomic E-state index is 12.1. The fourth-order valence-electron chi connectivity index (χ4n) is 2.72. The van der Waals surface area contributed by atoms with Crippen LogP contribution in [-0.2, 0) is 6.61 Å². The van der Waals surface area contributed by atoms with Gasteiger partial charge in [-0.15, -0.1) is 0 Å². The van der Waals surface area contributed by atoms with Crippen LogP contribution in [0.25, 0.3) is 0 Å². The van der Waals surface area contributed by atoms with Gasteiger partial charge in [0.1, 0.15) is 12.4 Å². The second-order valence-electron chi connectivity index (χ2n) is 6.36. The second kappa shape index (κ2) is 10.8. The van der Waals surface area contributed by atoms with Crippen LogP contribution in [-0.4, -0.2) is 23.8 Å². The summed E-state index contributed by atoms with van der Waals surface area (Å²) in [5, 5.41) is 14.3. The van der Waals surface area contributed by atoms with Crippen LogP contribution in [0.15, 0.2) is 70.2 Å². The Kier molecular flexibility index (Phi) is 7.92. The Bertz CT molecular complexity index is 1100. The molecule has 0 atom stereocenters. The summed E-state index contributed by atoms with van der Waals surface area (Å²) in [6.07, 6.45) is 1.48. The number of amides is 1. The SMILES string of the molecule is CCOc1cc(/C=N\NC(=O)c2ccccc2O)cc(Br)c1OCc1ccccc1Cl. The first-order valence-electron chi connectivity index (χ1n) is 9.43. The number of hydrogen-bond donors (Lipinski definition) is 2. The van der Waals surface area contributed by atoms with Gasteiger partial charge in [-0.2, -0.15) is 5.10 Å². The molecule has 0 unspecified atom stereocenters. The molecule has 0 saturated carbocycles. The number of hydrogen-bond acceptors (Lipinski definition) is 5. The molecule has 0 aromatic heterocycles. The van der Waals surface area contributed by atoms with Gasteiger partial charge in [-0.3, -0.25) is 4.79 Å². The van der Waals surface area contributed by atoms with E-state index in [1.54, 1.807) is 24.3 Å². The molecule has 0 aliphatic carbocycles. The third-order valence-corrected chi connectivity index (χ3v) is 5.15. The van der Waals surface area contributed by atoms with E-state index in [9.17, 15) is 9.90 Å². The van der Waals surface area contributed by atoms with Gasteiger partial charge in [-0.25, -0.2) is 5.43 Å². The van der Waals surface area contributed by atoms with E-state index in [4.69, 9.17) is 21.1 Å². The number of rotatable bonds is 8. The molecule has 6 nitrogen and oxygen atoms in total. The largest absolute Gasteiger partial charge is 0.507 e. The fraction of sp³-hybridized carbons (Fsp3) is 0.130. The summed E-state index contributed by atoms with van der Waals surface area (Å²) in [4.78, 5) is 12.1. The number of carbonyl (C=O) groups excluding carboxylic acids is 1. The summed E-state index contributed by atoms with van der Waals surface area (Å²) >= 11 is 9.71. The Morgan fingerprint density at radius 2 is 1.90 bits per heavy atom. The molecule has 0 radical (unpaired) electrons. The molecule has 160 valence electrons. The molecule has 0 bridgehead atoms. The summed E-state index contributed by atoms with van der Waals surface area (Å²) in [6.45, 7) is 2.60. The quantitative estimate of drug-likeness (QED) is 0.312. The van der Waals surface area contributed by atoms with Crippen molar-refractivity contribution in [2.24, 2.45) is 5.10 Å². The highest BCUT2D eigenvalue weighted by atomic mass is 79.9. The average Bonchev–Trinajstić information content (AvgIpc) is 2.75. The number of hydrazone groups is 1. The lowest BCUT2D eigenvalue weighted by Crippen LogP contribution is -2.17. The highest BCUT2D eigenvalue weighted by Crippen LogP contribution is 2.37. The van der Waals surface area contributed by atoms with Crippen molar-refractivity contribution in [3.63, 3.8) is 0 Å². The molecule has 31 heavy (non-hydrogen) atoms. The third-order valence-electron chi connectivity index (χ3n) is 4.19. The molecule has 1 amide bonds. The van der Waals surface area contributed by atoms with Crippen molar-refractivity contribution in [2.75, 3.05) is 6.61 Å². The normalized spacial score (nSPS) is 10.8. The summed E-state index contributed by atoms with van der Waals surface area (Å²) in [5.41, 5.74) is 4.07. The van der Waals surface area contributed by atoms with E-state index in [1.807, 2.05) is 31.2 Å². The minimum atomic E-state index is -0.516. The third kappa shape index (κ3) is 5.99. The Hall–Kier alpha value is -3.03. The fourth-order valence-corrected chi connectivity index (χ4v) is 3.49. The van der Waals surface area contributed by atoms with Gasteiger partial charge in [-0.05, 0) is 58.7 Å². The monoisotopic (exact) mass is 502 g/mol. The maximum atomic E-state index is 12.1. The number of nitrogens with one attached hydrogen (secondary N) is 1. The predicted octanol–water partition coefficient (Wildman–Crippen LogP) is 5.55. The van der Waals surface area contributed by atoms with Gasteiger partial charge in [0.2, 0.25) is 0 Å². The van der Waals surface area contributed by atoms with Crippen LogP contribution >= 0.6 is 27.5 Å². The first kappa shape index (κ1) is 22.7. The number of nitrogens with zero attached hydrogens (tertiary/aromatic N) is 1. The molecule has 3 aromatic rings. The number of benzene rings is 3. The van der Waals surface area contributed by atoms with Gasteiger partial charge in [0.05, 0.1) is 22.9 Å². The Morgan fingerprint density at radius 1 is 1.16 bits per heavy atom. The highest BCUT2D eigenvalue weighted by Gasteiger charge is 2.13. The zero-order chi connectivity index (χ0) is 22.2. The molecule has 0 fully saturated rings. The minimum absolute atomic E-state index is 0.114. The number of para-hydroxylation sites is 1. The molecule has 0 spiro atoms. The van der Waals surface area contributed by atoms with Gasteiger partial charge in [-0.1, -0.05) is 41.9 Å². The lowest BCUT2D eigenvalue weighted by Gasteiger charge is -2.15. The van der Waals surface area contributed by atoms with E-state index in [0.29, 0.717) is 33.2 Å². The van der Waals surface area contributed by atoms with E-state index in [0.717, 1.165) is 5.56 Å². The van der Waals surface area contributed by atoms with E-state index in [2.05, 4.69) is 26.5 Å². The molecule has 2 N–H and O–H groups in total. The smallest absolute Gasteiger partial charge is 0.275 e. The number of phenols is 1. The molecule has 0 aliphatic heterocycles. The molecule has 3 rings (SSSR count). The summed E-state index contributed by atoms with van der Waals surface area (Å²) in [6, 6.07) is 17.2. The van der Waals surface area contributed by atoms with Crippen molar-refractivity contribution >= 4 is 39.7 Å². The standard InChI is InChI=1S/C23H20BrClN2O4/c1-2-30-21-12-15(13-26-27-23(29)17-8-4-6-10-20(17)28)11-18(24)22(21)31-14-16-7-3-5-9-19(16)25/h3-13,28H,2,14H2,1H3,(H,27,29)/b26-13-. The highest BCUT2D eigenvalue weighted by molar-refractivity contribution is 9.10. The predicted molar refractivity (Wildman–Crippen MR) is 124 cm³/mol. The first-order valence-corrected chi connectivity index (χ1v) is 10.6. The zero-order valence-corrected chi connectivity index (χ0v) is 19.0. The number of ether oxygens (including phenoxy) is 2. The van der Waals surface area contributed by atoms with Crippen molar-refractivity contribution in [1.29, 1.82) is 0 Å². The lowest BCUT2D eigenvalue weighted by molar-refractivity contribution is 0.0952. The van der Waals surface area contributed by atoms with Gasteiger partial charge < -0.3 is 14.6 Å². The van der Waals surface area contributed by atoms with Crippen LogP contribution in [0.3, 0.4) is 0 Å². The summed E-state index contributed by atoms with van der Waals surface area (Å²) in [7, 11) is 0.